The first-order valence-electron chi connectivity index (χ1n) is 7.91. The fourth-order valence-electron chi connectivity index (χ4n) is 2.83. The molecule has 3 heterocycles. The third kappa shape index (κ3) is 3.83. The zero-order valence-electron chi connectivity index (χ0n) is 13.5. The lowest BCUT2D eigenvalue weighted by Gasteiger charge is -2.32. The Hall–Kier alpha value is -2.50. The summed E-state index contributed by atoms with van der Waals surface area (Å²) in [4.78, 5) is 27.4. The molecule has 0 aliphatic carbocycles. The smallest absolute Gasteiger partial charge is 0.270 e. The molecule has 1 N–H and O–H groups in total. The van der Waals surface area contributed by atoms with Gasteiger partial charge in [-0.1, -0.05) is 6.07 Å². The van der Waals surface area contributed by atoms with Crippen molar-refractivity contribution in [3.05, 3.63) is 47.5 Å². The van der Waals surface area contributed by atoms with Crippen LogP contribution in [-0.4, -0.2) is 40.0 Å². The topological polar surface area (TPSA) is 71.0 Å². The summed E-state index contributed by atoms with van der Waals surface area (Å²) in [5.41, 5.74) is 2.43. The number of anilines is 1. The predicted octanol–water partition coefficient (Wildman–Crippen LogP) is 1.89. The molecule has 6 nitrogen and oxygen atoms in total. The van der Waals surface area contributed by atoms with Gasteiger partial charge in [0.15, 0.2) is 0 Å². The van der Waals surface area contributed by atoms with Gasteiger partial charge in [-0.3, -0.25) is 9.78 Å². The van der Waals surface area contributed by atoms with E-state index in [1.165, 1.54) is 0 Å². The van der Waals surface area contributed by atoms with E-state index in [0.717, 1.165) is 43.3 Å². The molecule has 2 aromatic heterocycles. The summed E-state index contributed by atoms with van der Waals surface area (Å²) in [6, 6.07) is 7.50. The Labute approximate surface area is 136 Å². The molecule has 6 heteroatoms. The van der Waals surface area contributed by atoms with Crippen LogP contribution < -0.4 is 10.2 Å². The van der Waals surface area contributed by atoms with Crippen molar-refractivity contribution in [2.75, 3.05) is 18.0 Å². The molecule has 2 aromatic rings. The highest BCUT2D eigenvalue weighted by Crippen LogP contribution is 2.17. The van der Waals surface area contributed by atoms with Gasteiger partial charge in [0.1, 0.15) is 5.69 Å². The molecule has 3 rings (SSSR count). The number of nitrogens with one attached hydrogen (secondary N) is 1. The maximum absolute atomic E-state index is 12.1. The minimum Gasteiger partial charge on any atom is -0.348 e. The minimum absolute atomic E-state index is 0.105. The Morgan fingerprint density at radius 3 is 2.48 bits per heavy atom. The van der Waals surface area contributed by atoms with Crippen LogP contribution in [0.1, 0.15) is 34.7 Å². The largest absolute Gasteiger partial charge is 0.348 e. The van der Waals surface area contributed by atoms with Gasteiger partial charge in [0.2, 0.25) is 5.95 Å². The van der Waals surface area contributed by atoms with Gasteiger partial charge in [0.25, 0.3) is 5.91 Å². The zero-order chi connectivity index (χ0) is 16.2. The summed E-state index contributed by atoms with van der Waals surface area (Å²) in [7, 11) is 0. The molecule has 0 bridgehead atoms. The quantitative estimate of drug-likeness (QED) is 0.937. The summed E-state index contributed by atoms with van der Waals surface area (Å²) in [5.74, 6) is 0.684. The number of aryl methyl sites for hydroxylation is 2. The second kappa shape index (κ2) is 6.73. The Bertz CT molecular complexity index is 660. The van der Waals surface area contributed by atoms with Gasteiger partial charge in [0, 0.05) is 36.7 Å². The summed E-state index contributed by atoms with van der Waals surface area (Å²) in [6.07, 6.45) is 3.40. The monoisotopic (exact) mass is 311 g/mol. The number of nitrogens with zero attached hydrogens (tertiary/aromatic N) is 4. The number of amides is 1. The van der Waals surface area contributed by atoms with Crippen molar-refractivity contribution >= 4 is 11.9 Å². The Kier molecular flexibility index (Phi) is 4.50. The lowest BCUT2D eigenvalue weighted by atomic mass is 10.1. The van der Waals surface area contributed by atoms with Crippen LogP contribution in [0.25, 0.3) is 0 Å². The van der Waals surface area contributed by atoms with Crippen LogP contribution in [0.3, 0.4) is 0 Å². The van der Waals surface area contributed by atoms with Crippen LogP contribution in [-0.2, 0) is 0 Å². The number of hydrogen-bond acceptors (Lipinski definition) is 5. The molecule has 1 fully saturated rings. The van der Waals surface area contributed by atoms with Gasteiger partial charge in [0.05, 0.1) is 0 Å². The van der Waals surface area contributed by atoms with Gasteiger partial charge in [-0.05, 0) is 44.9 Å². The normalized spacial score (nSPS) is 15.5. The van der Waals surface area contributed by atoms with E-state index in [-0.39, 0.29) is 11.9 Å². The summed E-state index contributed by atoms with van der Waals surface area (Å²) in [5, 5.41) is 3.06. The van der Waals surface area contributed by atoms with Gasteiger partial charge >= 0.3 is 0 Å². The van der Waals surface area contributed by atoms with E-state index in [9.17, 15) is 4.79 Å². The summed E-state index contributed by atoms with van der Waals surface area (Å²) < 4.78 is 0. The van der Waals surface area contributed by atoms with Crippen molar-refractivity contribution in [1.29, 1.82) is 0 Å². The van der Waals surface area contributed by atoms with Crippen LogP contribution in [0.4, 0.5) is 5.95 Å². The number of hydrogen-bond donors (Lipinski definition) is 1. The van der Waals surface area contributed by atoms with Crippen LogP contribution in [0, 0.1) is 13.8 Å². The van der Waals surface area contributed by atoms with Crippen molar-refractivity contribution < 1.29 is 4.79 Å². The number of carbonyl (C=O) groups excluding carboxylic acids is 1. The number of aromatic nitrogens is 3. The molecule has 23 heavy (non-hydrogen) atoms. The van der Waals surface area contributed by atoms with Crippen LogP contribution in [0.5, 0.6) is 0 Å². The highest BCUT2D eigenvalue weighted by Gasteiger charge is 2.23. The van der Waals surface area contributed by atoms with E-state index in [4.69, 9.17) is 0 Å². The molecule has 1 aliphatic heterocycles. The molecule has 0 unspecified atom stereocenters. The SMILES string of the molecule is Cc1cc(C)nc(N2CCC(NC(=O)c3ccccn3)CC2)n1. The number of piperidine rings is 1. The molecular weight excluding hydrogens is 290 g/mol. The highest BCUT2D eigenvalue weighted by atomic mass is 16.1. The van der Waals surface area contributed by atoms with Gasteiger partial charge in [-0.2, -0.15) is 0 Å². The number of pyridine rings is 1. The third-order valence-electron chi connectivity index (χ3n) is 3.98. The van der Waals surface area contributed by atoms with E-state index in [0.29, 0.717) is 5.69 Å². The molecule has 0 atom stereocenters. The zero-order valence-corrected chi connectivity index (χ0v) is 13.5. The van der Waals surface area contributed by atoms with E-state index in [1.807, 2.05) is 26.0 Å². The van der Waals surface area contributed by atoms with Crippen LogP contribution >= 0.6 is 0 Å². The van der Waals surface area contributed by atoms with Crippen molar-refractivity contribution in [3.8, 4) is 0 Å². The van der Waals surface area contributed by atoms with E-state index >= 15 is 0 Å². The van der Waals surface area contributed by atoms with Gasteiger partial charge < -0.3 is 10.2 Å². The number of carbonyl (C=O) groups is 1. The fraction of sp³-hybridized carbons (Fsp3) is 0.412. The molecule has 120 valence electrons. The summed E-state index contributed by atoms with van der Waals surface area (Å²) in [6.45, 7) is 5.65. The van der Waals surface area contributed by atoms with Crippen LogP contribution in [0.15, 0.2) is 30.5 Å². The second-order valence-electron chi connectivity index (χ2n) is 5.90. The molecular formula is C17H21N5O. The van der Waals surface area contributed by atoms with Crippen LogP contribution in [0.2, 0.25) is 0 Å². The highest BCUT2D eigenvalue weighted by molar-refractivity contribution is 5.92. The molecule has 0 aromatic carbocycles. The van der Waals surface area contributed by atoms with Gasteiger partial charge in [-0.15, -0.1) is 0 Å². The molecule has 0 radical (unpaired) electrons. The molecule has 1 aliphatic rings. The standard InChI is InChI=1S/C17H21N5O/c1-12-11-13(2)20-17(19-12)22-9-6-14(7-10-22)21-16(23)15-5-3-4-8-18-15/h3-5,8,11,14H,6-7,9-10H2,1-2H3,(H,21,23). The average Bonchev–Trinajstić information content (AvgIpc) is 2.55. The maximum atomic E-state index is 12.1. The van der Waals surface area contributed by atoms with E-state index < -0.39 is 0 Å². The van der Waals surface area contributed by atoms with Crippen molar-refractivity contribution in [3.63, 3.8) is 0 Å². The first-order valence-corrected chi connectivity index (χ1v) is 7.91. The lowest BCUT2D eigenvalue weighted by Crippen LogP contribution is -2.45. The average molecular weight is 311 g/mol. The Balaban J connectivity index is 1.57. The predicted molar refractivity (Wildman–Crippen MR) is 88.4 cm³/mol. The van der Waals surface area contributed by atoms with E-state index in [1.54, 1.807) is 18.3 Å². The molecule has 1 amide bonds. The van der Waals surface area contributed by atoms with Gasteiger partial charge in [-0.25, -0.2) is 9.97 Å². The minimum atomic E-state index is -0.105. The third-order valence-corrected chi connectivity index (χ3v) is 3.98. The van der Waals surface area contributed by atoms with E-state index in [2.05, 4.69) is 25.2 Å². The lowest BCUT2D eigenvalue weighted by molar-refractivity contribution is 0.0926. The molecule has 0 saturated carbocycles. The van der Waals surface area contributed by atoms with Crippen molar-refractivity contribution in [2.45, 2.75) is 32.7 Å². The Morgan fingerprint density at radius 2 is 1.87 bits per heavy atom. The maximum Gasteiger partial charge on any atom is 0.270 e. The molecule has 0 spiro atoms. The summed E-state index contributed by atoms with van der Waals surface area (Å²) >= 11 is 0. The van der Waals surface area contributed by atoms with Crippen molar-refractivity contribution in [2.24, 2.45) is 0 Å². The second-order valence-corrected chi connectivity index (χ2v) is 5.90. The first-order chi connectivity index (χ1) is 11.1. The molecule has 1 saturated heterocycles. The first kappa shape index (κ1) is 15.4. The number of rotatable bonds is 3. The Morgan fingerprint density at radius 1 is 1.17 bits per heavy atom. The van der Waals surface area contributed by atoms with Crippen molar-refractivity contribution in [1.82, 2.24) is 20.3 Å². The fourth-order valence-corrected chi connectivity index (χ4v) is 2.83.